The zero-order valence-electron chi connectivity index (χ0n) is 10.4. The summed E-state index contributed by atoms with van der Waals surface area (Å²) in [6.45, 7) is 3.21. The Bertz CT molecular complexity index is 528. The highest BCUT2D eigenvalue weighted by molar-refractivity contribution is 7.89. The molecule has 7 heteroatoms. The van der Waals surface area contributed by atoms with Gasteiger partial charge >= 0.3 is 0 Å². The Morgan fingerprint density at radius 2 is 1.84 bits per heavy atom. The van der Waals surface area contributed by atoms with Gasteiger partial charge in [-0.3, -0.25) is 4.90 Å². The van der Waals surface area contributed by atoms with Crippen LogP contribution in [0.4, 0.5) is 0 Å². The number of alkyl halides is 1. The summed E-state index contributed by atoms with van der Waals surface area (Å²) in [5.74, 6) is 0.570. The zero-order chi connectivity index (χ0) is 13.9. The van der Waals surface area contributed by atoms with Crippen molar-refractivity contribution in [2.24, 2.45) is 0 Å². The van der Waals surface area contributed by atoms with E-state index in [2.05, 4.69) is 4.90 Å². The number of hydrogen-bond acceptors (Lipinski definition) is 3. The molecule has 1 saturated heterocycles. The van der Waals surface area contributed by atoms with E-state index in [4.69, 9.17) is 23.2 Å². The van der Waals surface area contributed by atoms with E-state index in [0.717, 1.165) is 6.54 Å². The number of piperazine rings is 1. The van der Waals surface area contributed by atoms with Gasteiger partial charge in [0.05, 0.1) is 4.90 Å². The minimum Gasteiger partial charge on any atom is -0.300 e. The van der Waals surface area contributed by atoms with Crippen molar-refractivity contribution in [1.29, 1.82) is 0 Å². The highest BCUT2D eigenvalue weighted by atomic mass is 35.5. The molecule has 0 aromatic heterocycles. The van der Waals surface area contributed by atoms with E-state index in [-0.39, 0.29) is 4.90 Å². The fraction of sp³-hybridized carbons (Fsp3) is 0.500. The van der Waals surface area contributed by atoms with Crippen LogP contribution in [0.3, 0.4) is 0 Å². The van der Waals surface area contributed by atoms with Crippen molar-refractivity contribution < 1.29 is 8.42 Å². The molecule has 0 radical (unpaired) electrons. The van der Waals surface area contributed by atoms with Gasteiger partial charge in [0.25, 0.3) is 0 Å². The topological polar surface area (TPSA) is 40.6 Å². The number of hydrogen-bond donors (Lipinski definition) is 0. The maximum absolute atomic E-state index is 12.4. The van der Waals surface area contributed by atoms with E-state index < -0.39 is 10.0 Å². The molecule has 0 amide bonds. The Morgan fingerprint density at radius 1 is 1.16 bits per heavy atom. The summed E-state index contributed by atoms with van der Waals surface area (Å²) in [6.07, 6.45) is 0. The lowest BCUT2D eigenvalue weighted by atomic mass is 10.4. The Kier molecular flexibility index (Phi) is 5.09. The van der Waals surface area contributed by atoms with Crippen LogP contribution in [0, 0.1) is 0 Å². The number of nitrogens with zero attached hydrogens (tertiary/aromatic N) is 2. The second-order valence-electron chi connectivity index (χ2n) is 4.39. The molecule has 106 valence electrons. The molecule has 2 rings (SSSR count). The average Bonchev–Trinajstić information content (AvgIpc) is 2.40. The highest BCUT2D eigenvalue weighted by Gasteiger charge is 2.28. The first kappa shape index (κ1) is 15.1. The zero-order valence-corrected chi connectivity index (χ0v) is 12.8. The molecule has 1 aromatic rings. The third-order valence-corrected chi connectivity index (χ3v) is 5.46. The maximum atomic E-state index is 12.4. The molecule has 19 heavy (non-hydrogen) atoms. The predicted molar refractivity (Wildman–Crippen MR) is 77.4 cm³/mol. The molecule has 1 aromatic carbocycles. The first-order chi connectivity index (χ1) is 9.04. The third-order valence-electron chi connectivity index (χ3n) is 3.17. The van der Waals surface area contributed by atoms with Gasteiger partial charge < -0.3 is 0 Å². The number of halogens is 2. The minimum atomic E-state index is -3.43. The third kappa shape index (κ3) is 3.61. The van der Waals surface area contributed by atoms with E-state index in [9.17, 15) is 8.42 Å². The van der Waals surface area contributed by atoms with Crippen molar-refractivity contribution in [2.75, 3.05) is 38.6 Å². The summed E-state index contributed by atoms with van der Waals surface area (Å²) < 4.78 is 26.4. The van der Waals surface area contributed by atoms with Gasteiger partial charge in [-0.05, 0) is 18.2 Å². The second kappa shape index (κ2) is 6.41. The maximum Gasteiger partial charge on any atom is 0.243 e. The molecule has 0 N–H and O–H groups in total. The van der Waals surface area contributed by atoms with Crippen molar-refractivity contribution in [3.63, 3.8) is 0 Å². The van der Waals surface area contributed by atoms with Crippen LogP contribution in [0.1, 0.15) is 0 Å². The van der Waals surface area contributed by atoms with Crippen LogP contribution >= 0.6 is 23.2 Å². The molecule has 0 bridgehead atoms. The molecule has 0 unspecified atom stereocenters. The summed E-state index contributed by atoms with van der Waals surface area (Å²) in [5, 5.41) is 0.432. The van der Waals surface area contributed by atoms with Crippen molar-refractivity contribution in [2.45, 2.75) is 4.90 Å². The summed E-state index contributed by atoms with van der Waals surface area (Å²) in [7, 11) is -3.43. The van der Waals surface area contributed by atoms with Gasteiger partial charge in [0, 0.05) is 43.6 Å². The molecular formula is C12H16Cl2N2O2S. The van der Waals surface area contributed by atoms with Gasteiger partial charge in [0.2, 0.25) is 10.0 Å². The van der Waals surface area contributed by atoms with E-state index in [0.29, 0.717) is 37.1 Å². The minimum absolute atomic E-state index is 0.255. The molecule has 0 saturated carbocycles. The predicted octanol–water partition coefficient (Wildman–Crippen LogP) is 1.89. The fourth-order valence-electron chi connectivity index (χ4n) is 2.09. The van der Waals surface area contributed by atoms with E-state index in [1.165, 1.54) is 10.4 Å². The van der Waals surface area contributed by atoms with Gasteiger partial charge in [0.1, 0.15) is 0 Å². The van der Waals surface area contributed by atoms with Crippen LogP contribution in [0.25, 0.3) is 0 Å². The lowest BCUT2D eigenvalue weighted by Gasteiger charge is -2.33. The fourth-order valence-corrected chi connectivity index (χ4v) is 4.05. The smallest absolute Gasteiger partial charge is 0.243 e. The normalized spacial score (nSPS) is 18.6. The lowest BCUT2D eigenvalue weighted by molar-refractivity contribution is 0.197. The summed E-state index contributed by atoms with van der Waals surface area (Å²) >= 11 is 11.5. The molecule has 1 aliphatic rings. The Hall–Kier alpha value is -0.330. The van der Waals surface area contributed by atoms with Crippen molar-refractivity contribution in [3.8, 4) is 0 Å². The van der Waals surface area contributed by atoms with Gasteiger partial charge in [-0.1, -0.05) is 17.7 Å². The van der Waals surface area contributed by atoms with Gasteiger partial charge in [-0.15, -0.1) is 11.6 Å². The van der Waals surface area contributed by atoms with Crippen molar-refractivity contribution in [1.82, 2.24) is 9.21 Å². The quantitative estimate of drug-likeness (QED) is 0.795. The molecule has 0 atom stereocenters. The molecule has 1 fully saturated rings. The molecule has 0 aliphatic carbocycles. The van der Waals surface area contributed by atoms with Crippen LogP contribution in [-0.4, -0.2) is 56.2 Å². The Balaban J connectivity index is 2.10. The van der Waals surface area contributed by atoms with Gasteiger partial charge in [-0.2, -0.15) is 4.31 Å². The summed E-state index contributed by atoms with van der Waals surface area (Å²) in [4.78, 5) is 2.42. The van der Waals surface area contributed by atoms with E-state index >= 15 is 0 Å². The number of benzene rings is 1. The SMILES string of the molecule is O=S(=O)(c1cccc(Cl)c1)N1CCN(CCCl)CC1. The summed E-state index contributed by atoms with van der Waals surface area (Å²) in [5.41, 5.74) is 0. The van der Waals surface area contributed by atoms with Crippen molar-refractivity contribution in [3.05, 3.63) is 29.3 Å². The first-order valence-corrected chi connectivity index (χ1v) is 8.43. The van der Waals surface area contributed by atoms with Gasteiger partial charge in [0.15, 0.2) is 0 Å². The molecular weight excluding hydrogens is 307 g/mol. The monoisotopic (exact) mass is 322 g/mol. The van der Waals surface area contributed by atoms with Crippen LogP contribution in [-0.2, 0) is 10.0 Å². The average molecular weight is 323 g/mol. The van der Waals surface area contributed by atoms with Crippen LogP contribution in [0.5, 0.6) is 0 Å². The van der Waals surface area contributed by atoms with E-state index in [1.54, 1.807) is 18.2 Å². The first-order valence-electron chi connectivity index (χ1n) is 6.08. The standard InChI is InChI=1S/C12H16Cl2N2O2S/c13-4-5-15-6-8-16(9-7-15)19(17,18)12-3-1-2-11(14)10-12/h1-3,10H,4-9H2. The molecule has 1 heterocycles. The number of sulfonamides is 1. The molecule has 4 nitrogen and oxygen atoms in total. The summed E-state index contributed by atoms with van der Waals surface area (Å²) in [6, 6.07) is 6.38. The highest BCUT2D eigenvalue weighted by Crippen LogP contribution is 2.20. The van der Waals surface area contributed by atoms with Crippen LogP contribution < -0.4 is 0 Å². The molecule has 0 spiro atoms. The second-order valence-corrected chi connectivity index (χ2v) is 7.14. The van der Waals surface area contributed by atoms with Crippen LogP contribution in [0.15, 0.2) is 29.2 Å². The van der Waals surface area contributed by atoms with E-state index in [1.807, 2.05) is 0 Å². The van der Waals surface area contributed by atoms with Crippen LogP contribution in [0.2, 0.25) is 5.02 Å². The largest absolute Gasteiger partial charge is 0.300 e. The van der Waals surface area contributed by atoms with Crippen molar-refractivity contribution >= 4 is 33.2 Å². The lowest BCUT2D eigenvalue weighted by Crippen LogP contribution is -2.48. The number of rotatable bonds is 4. The molecule has 1 aliphatic heterocycles. The Labute approximate surface area is 124 Å². The Morgan fingerprint density at radius 3 is 2.42 bits per heavy atom. The van der Waals surface area contributed by atoms with Gasteiger partial charge in [-0.25, -0.2) is 8.42 Å².